The molecule has 0 saturated heterocycles. The largest absolute Gasteiger partial charge is 0.508 e. The van der Waals surface area contributed by atoms with Crippen molar-refractivity contribution in [1.82, 2.24) is 5.32 Å². The highest BCUT2D eigenvalue weighted by Crippen LogP contribution is 2.22. The molecule has 0 saturated carbocycles. The van der Waals surface area contributed by atoms with Crippen molar-refractivity contribution in [2.75, 3.05) is 0 Å². The minimum absolute atomic E-state index is 0.0132. The molecule has 114 valence electrons. The van der Waals surface area contributed by atoms with Crippen LogP contribution in [0.5, 0.6) is 5.75 Å². The number of benzene rings is 2. The first-order valence-electron chi connectivity index (χ1n) is 6.70. The lowest BCUT2D eigenvalue weighted by Gasteiger charge is -2.08. The summed E-state index contributed by atoms with van der Waals surface area (Å²) < 4.78 is 0. The zero-order valence-electron chi connectivity index (χ0n) is 12.3. The SMILES string of the molecule is Cc1ccc(C(=O)NCc2cc([N+](=O)[O-])ccc2O)cc1C. The topological polar surface area (TPSA) is 92.5 Å². The monoisotopic (exact) mass is 300 g/mol. The van der Waals surface area contributed by atoms with Crippen molar-refractivity contribution in [3.05, 3.63) is 68.8 Å². The van der Waals surface area contributed by atoms with E-state index in [2.05, 4.69) is 5.32 Å². The van der Waals surface area contributed by atoms with E-state index in [-0.39, 0.29) is 23.9 Å². The number of carbonyl (C=O) groups is 1. The normalized spacial score (nSPS) is 10.3. The lowest BCUT2D eigenvalue weighted by atomic mass is 10.1. The predicted octanol–water partition coefficient (Wildman–Crippen LogP) is 2.85. The molecule has 0 aliphatic carbocycles. The van der Waals surface area contributed by atoms with Gasteiger partial charge in [0.25, 0.3) is 11.6 Å². The fourth-order valence-corrected chi connectivity index (χ4v) is 1.99. The molecular formula is C16H16N2O4. The number of hydrogen-bond acceptors (Lipinski definition) is 4. The van der Waals surface area contributed by atoms with Crippen LogP contribution in [-0.2, 0) is 6.54 Å². The number of nitrogens with zero attached hydrogens (tertiary/aromatic N) is 1. The molecule has 6 nitrogen and oxygen atoms in total. The van der Waals surface area contributed by atoms with Gasteiger partial charge in [0.15, 0.2) is 0 Å². The molecule has 0 unspecified atom stereocenters. The summed E-state index contributed by atoms with van der Waals surface area (Å²) in [5.41, 5.74) is 2.77. The molecule has 0 heterocycles. The van der Waals surface area contributed by atoms with Crippen molar-refractivity contribution in [3.63, 3.8) is 0 Å². The van der Waals surface area contributed by atoms with Crippen molar-refractivity contribution in [2.45, 2.75) is 20.4 Å². The second-order valence-corrected chi connectivity index (χ2v) is 5.05. The molecule has 0 radical (unpaired) electrons. The summed E-state index contributed by atoms with van der Waals surface area (Å²) in [5, 5.41) is 23.1. The molecule has 0 aromatic heterocycles. The maximum atomic E-state index is 12.1. The second-order valence-electron chi connectivity index (χ2n) is 5.05. The Hall–Kier alpha value is -2.89. The zero-order valence-corrected chi connectivity index (χ0v) is 12.3. The molecule has 2 rings (SSSR count). The highest BCUT2D eigenvalue weighted by Gasteiger charge is 2.12. The minimum Gasteiger partial charge on any atom is -0.508 e. The first-order valence-corrected chi connectivity index (χ1v) is 6.70. The van der Waals surface area contributed by atoms with E-state index in [0.29, 0.717) is 11.1 Å². The van der Waals surface area contributed by atoms with Crippen molar-refractivity contribution >= 4 is 11.6 Å². The molecular weight excluding hydrogens is 284 g/mol. The van der Waals surface area contributed by atoms with E-state index >= 15 is 0 Å². The van der Waals surface area contributed by atoms with Crippen LogP contribution in [0.4, 0.5) is 5.69 Å². The van der Waals surface area contributed by atoms with Gasteiger partial charge >= 0.3 is 0 Å². The number of nitrogens with one attached hydrogen (secondary N) is 1. The van der Waals surface area contributed by atoms with Gasteiger partial charge in [0.05, 0.1) is 4.92 Å². The molecule has 6 heteroatoms. The van der Waals surface area contributed by atoms with Crippen molar-refractivity contribution in [1.29, 1.82) is 0 Å². The molecule has 0 aliphatic heterocycles. The van der Waals surface area contributed by atoms with Gasteiger partial charge in [0.2, 0.25) is 0 Å². The Kier molecular flexibility index (Phi) is 4.41. The highest BCUT2D eigenvalue weighted by molar-refractivity contribution is 5.94. The van der Waals surface area contributed by atoms with E-state index < -0.39 is 4.92 Å². The smallest absolute Gasteiger partial charge is 0.270 e. The van der Waals surface area contributed by atoms with Gasteiger partial charge in [-0.25, -0.2) is 0 Å². The summed E-state index contributed by atoms with van der Waals surface area (Å²) in [6, 6.07) is 9.05. The van der Waals surface area contributed by atoms with Gasteiger partial charge in [0.1, 0.15) is 5.75 Å². The van der Waals surface area contributed by atoms with Gasteiger partial charge in [-0.15, -0.1) is 0 Å². The molecule has 1 amide bonds. The van der Waals surface area contributed by atoms with Crippen LogP contribution in [0.15, 0.2) is 36.4 Å². The van der Waals surface area contributed by atoms with E-state index in [0.717, 1.165) is 11.1 Å². The second kappa shape index (κ2) is 6.26. The van der Waals surface area contributed by atoms with Crippen LogP contribution < -0.4 is 5.32 Å². The molecule has 0 spiro atoms. The summed E-state index contributed by atoms with van der Waals surface area (Å²) in [6.07, 6.45) is 0. The number of nitro benzene ring substituents is 1. The standard InChI is InChI=1S/C16H16N2O4/c1-10-3-4-12(7-11(10)2)16(20)17-9-13-8-14(18(21)22)5-6-15(13)19/h3-8,19H,9H2,1-2H3,(H,17,20). The van der Waals surface area contributed by atoms with Crippen LogP contribution in [0.3, 0.4) is 0 Å². The lowest BCUT2D eigenvalue weighted by Crippen LogP contribution is -2.23. The van der Waals surface area contributed by atoms with Crippen LogP contribution in [0.25, 0.3) is 0 Å². The zero-order chi connectivity index (χ0) is 16.3. The Bertz CT molecular complexity index is 741. The molecule has 2 aromatic carbocycles. The molecule has 0 aliphatic rings. The minimum atomic E-state index is -0.548. The third kappa shape index (κ3) is 3.41. The third-order valence-electron chi connectivity index (χ3n) is 3.48. The van der Waals surface area contributed by atoms with Gasteiger partial charge in [-0.3, -0.25) is 14.9 Å². The van der Waals surface area contributed by atoms with E-state index in [1.807, 2.05) is 19.9 Å². The van der Waals surface area contributed by atoms with Crippen molar-refractivity contribution in [3.8, 4) is 5.75 Å². The number of amides is 1. The molecule has 2 N–H and O–H groups in total. The summed E-state index contributed by atoms with van der Waals surface area (Å²) >= 11 is 0. The van der Waals surface area contributed by atoms with Crippen molar-refractivity contribution < 1.29 is 14.8 Å². The van der Waals surface area contributed by atoms with Crippen LogP contribution in [0, 0.1) is 24.0 Å². The lowest BCUT2D eigenvalue weighted by molar-refractivity contribution is -0.384. The Labute approximate surface area is 127 Å². The summed E-state index contributed by atoms with van der Waals surface area (Å²) in [6.45, 7) is 3.88. The Morgan fingerprint density at radius 1 is 1.18 bits per heavy atom. The molecule has 0 atom stereocenters. The first kappa shape index (κ1) is 15.5. The number of phenolic OH excluding ortho intramolecular Hbond substituents is 1. The summed E-state index contributed by atoms with van der Waals surface area (Å²) in [5.74, 6) is -0.389. The van der Waals surface area contributed by atoms with Crippen LogP contribution >= 0.6 is 0 Å². The fraction of sp³-hybridized carbons (Fsp3) is 0.188. The number of rotatable bonds is 4. The van der Waals surface area contributed by atoms with Crippen LogP contribution in [0.1, 0.15) is 27.0 Å². The third-order valence-corrected chi connectivity index (χ3v) is 3.48. The Morgan fingerprint density at radius 3 is 2.55 bits per heavy atom. The highest BCUT2D eigenvalue weighted by atomic mass is 16.6. The number of carbonyl (C=O) groups excluding carboxylic acids is 1. The number of aryl methyl sites for hydroxylation is 2. The number of aromatic hydroxyl groups is 1. The maximum Gasteiger partial charge on any atom is 0.270 e. The van der Waals surface area contributed by atoms with Crippen LogP contribution in [-0.4, -0.2) is 15.9 Å². The number of non-ortho nitro benzene ring substituents is 1. The van der Waals surface area contributed by atoms with Gasteiger partial charge in [-0.1, -0.05) is 6.07 Å². The van der Waals surface area contributed by atoms with Gasteiger partial charge in [-0.05, 0) is 43.2 Å². The van der Waals surface area contributed by atoms with E-state index in [4.69, 9.17) is 0 Å². The van der Waals surface area contributed by atoms with Crippen molar-refractivity contribution in [2.24, 2.45) is 0 Å². The average molecular weight is 300 g/mol. The summed E-state index contributed by atoms with van der Waals surface area (Å²) in [4.78, 5) is 22.3. The molecule has 22 heavy (non-hydrogen) atoms. The van der Waals surface area contributed by atoms with Gasteiger partial charge < -0.3 is 10.4 Å². The predicted molar refractivity (Wildman–Crippen MR) is 81.8 cm³/mol. The Morgan fingerprint density at radius 2 is 1.91 bits per heavy atom. The number of nitro groups is 1. The molecule has 0 fully saturated rings. The molecule has 0 bridgehead atoms. The first-order chi connectivity index (χ1) is 10.4. The van der Waals surface area contributed by atoms with E-state index in [1.165, 1.54) is 18.2 Å². The van der Waals surface area contributed by atoms with E-state index in [9.17, 15) is 20.0 Å². The fourth-order valence-electron chi connectivity index (χ4n) is 1.99. The van der Waals surface area contributed by atoms with Crippen LogP contribution in [0.2, 0.25) is 0 Å². The summed E-state index contributed by atoms with van der Waals surface area (Å²) in [7, 11) is 0. The Balaban J connectivity index is 2.12. The van der Waals surface area contributed by atoms with Gasteiger partial charge in [0, 0.05) is 29.8 Å². The molecule has 2 aromatic rings. The quantitative estimate of drug-likeness (QED) is 0.670. The van der Waals surface area contributed by atoms with Gasteiger partial charge in [-0.2, -0.15) is 0 Å². The number of phenols is 1. The number of hydrogen-bond donors (Lipinski definition) is 2. The maximum absolute atomic E-state index is 12.1. The average Bonchev–Trinajstić information content (AvgIpc) is 2.48. The van der Waals surface area contributed by atoms with E-state index in [1.54, 1.807) is 12.1 Å².